The van der Waals surface area contributed by atoms with Crippen molar-refractivity contribution in [2.75, 3.05) is 6.61 Å². The lowest BCUT2D eigenvalue weighted by Gasteiger charge is -2.16. The molecule has 0 bridgehead atoms. The highest BCUT2D eigenvalue weighted by Crippen LogP contribution is 2.24. The Morgan fingerprint density at radius 2 is 1.67 bits per heavy atom. The molecule has 1 amide bonds. The maximum absolute atomic E-state index is 12.7. The monoisotopic (exact) mass is 508 g/mol. The lowest BCUT2D eigenvalue weighted by Crippen LogP contribution is -2.32. The van der Waals surface area contributed by atoms with E-state index >= 15 is 0 Å². The molecule has 2 aromatic rings. The topological polar surface area (TPSA) is 133 Å². The second-order valence-corrected chi connectivity index (χ2v) is 10.6. The normalized spacial score (nSPS) is 12.7. The van der Waals surface area contributed by atoms with E-state index in [0.717, 1.165) is 12.1 Å². The molecule has 0 aromatic heterocycles. The van der Waals surface area contributed by atoms with Gasteiger partial charge in [0.25, 0.3) is 15.9 Å². The quantitative estimate of drug-likeness (QED) is 0.501. The highest BCUT2D eigenvalue weighted by atomic mass is 32.2. The molecular weight excluding hydrogens is 485 g/mol. The van der Waals surface area contributed by atoms with Crippen LogP contribution in [0.3, 0.4) is 0 Å². The molecule has 2 rings (SSSR count). The summed E-state index contributed by atoms with van der Waals surface area (Å²) in [5, 5.41) is 5.06. The van der Waals surface area contributed by atoms with Crippen molar-refractivity contribution in [2.45, 2.75) is 48.8 Å². The van der Waals surface area contributed by atoms with Gasteiger partial charge < -0.3 is 4.74 Å². The summed E-state index contributed by atoms with van der Waals surface area (Å²) < 4.78 is 92.6. The Kier molecular flexibility index (Phi) is 8.27. The molecule has 0 atom stereocenters. The second kappa shape index (κ2) is 10.2. The minimum Gasteiger partial charge on any atom is -0.376 e. The standard InChI is InChI=1S/C20H23F3N2O6S2/c1-13(2)16-8-7-14(11-15(16)12-31-10-9-20(21,22)23)19(26)25-33(29,30)18-6-4-3-5-17(18)32(24,27)28/h3-8,11,13H,9-10,12H2,1-2H3,(H,25,26)(H2,24,27,28). The Morgan fingerprint density at radius 3 is 2.21 bits per heavy atom. The van der Waals surface area contributed by atoms with Gasteiger partial charge in [-0.1, -0.05) is 32.0 Å². The van der Waals surface area contributed by atoms with Crippen LogP contribution in [0.2, 0.25) is 0 Å². The molecule has 0 saturated heterocycles. The molecule has 0 aliphatic heterocycles. The molecule has 2 aromatic carbocycles. The van der Waals surface area contributed by atoms with Crippen LogP contribution in [0, 0.1) is 0 Å². The van der Waals surface area contributed by atoms with Crippen LogP contribution < -0.4 is 9.86 Å². The fraction of sp³-hybridized carbons (Fsp3) is 0.350. The molecule has 0 aliphatic rings. The van der Waals surface area contributed by atoms with E-state index in [1.54, 1.807) is 10.8 Å². The Balaban J connectivity index is 2.29. The smallest absolute Gasteiger partial charge is 0.376 e. The molecule has 33 heavy (non-hydrogen) atoms. The van der Waals surface area contributed by atoms with Crippen LogP contribution >= 0.6 is 0 Å². The summed E-state index contributed by atoms with van der Waals surface area (Å²) in [5.74, 6) is -1.11. The highest BCUT2D eigenvalue weighted by Gasteiger charge is 2.27. The Bertz CT molecular complexity index is 1230. The van der Waals surface area contributed by atoms with Gasteiger partial charge in [0.05, 0.1) is 19.6 Å². The first-order valence-corrected chi connectivity index (χ1v) is 12.6. The lowest BCUT2D eigenvalue weighted by atomic mass is 9.95. The first-order chi connectivity index (χ1) is 15.1. The van der Waals surface area contributed by atoms with Crippen LogP contribution in [0.25, 0.3) is 0 Å². The van der Waals surface area contributed by atoms with Crippen molar-refractivity contribution in [3.8, 4) is 0 Å². The number of amides is 1. The maximum atomic E-state index is 12.7. The molecule has 0 unspecified atom stereocenters. The number of halogens is 3. The van der Waals surface area contributed by atoms with Crippen LogP contribution in [-0.2, 0) is 31.4 Å². The molecule has 0 heterocycles. The Morgan fingerprint density at radius 1 is 1.06 bits per heavy atom. The van der Waals surface area contributed by atoms with Crippen molar-refractivity contribution < 1.29 is 39.5 Å². The average Bonchev–Trinajstić information content (AvgIpc) is 2.69. The number of carbonyl (C=O) groups excluding carboxylic acids is 1. The number of hydrogen-bond donors (Lipinski definition) is 2. The number of ether oxygens (including phenoxy) is 1. The van der Waals surface area contributed by atoms with E-state index < -0.39 is 54.9 Å². The fourth-order valence-corrected chi connectivity index (χ4v) is 5.31. The van der Waals surface area contributed by atoms with E-state index in [1.165, 1.54) is 24.3 Å². The van der Waals surface area contributed by atoms with Crippen molar-refractivity contribution >= 4 is 26.0 Å². The van der Waals surface area contributed by atoms with E-state index in [1.807, 2.05) is 13.8 Å². The third-order valence-corrected chi connectivity index (χ3v) is 6.97. The van der Waals surface area contributed by atoms with Crippen molar-refractivity contribution in [3.63, 3.8) is 0 Å². The van der Waals surface area contributed by atoms with Crippen molar-refractivity contribution in [3.05, 3.63) is 59.2 Å². The Labute approximate surface area is 190 Å². The minimum absolute atomic E-state index is 0.0475. The van der Waals surface area contributed by atoms with Crippen LogP contribution in [0.5, 0.6) is 0 Å². The summed E-state index contributed by atoms with van der Waals surface area (Å²) in [4.78, 5) is 11.2. The van der Waals surface area contributed by atoms with Gasteiger partial charge in [0.2, 0.25) is 10.0 Å². The first-order valence-electron chi connectivity index (χ1n) is 9.58. The molecule has 0 aliphatic carbocycles. The predicted molar refractivity (Wildman–Crippen MR) is 113 cm³/mol. The van der Waals surface area contributed by atoms with Crippen LogP contribution in [0.1, 0.15) is 47.7 Å². The van der Waals surface area contributed by atoms with Crippen molar-refractivity contribution in [1.29, 1.82) is 0 Å². The number of sulfonamides is 2. The number of benzene rings is 2. The van der Waals surface area contributed by atoms with Gasteiger partial charge in [0, 0.05) is 5.56 Å². The molecule has 13 heteroatoms. The van der Waals surface area contributed by atoms with Crippen LogP contribution in [0.15, 0.2) is 52.3 Å². The van der Waals surface area contributed by atoms with E-state index in [9.17, 15) is 34.8 Å². The average molecular weight is 509 g/mol. The van der Waals surface area contributed by atoms with E-state index in [4.69, 9.17) is 9.88 Å². The zero-order valence-electron chi connectivity index (χ0n) is 17.7. The number of nitrogens with two attached hydrogens (primary N) is 1. The molecule has 8 nitrogen and oxygen atoms in total. The molecule has 182 valence electrons. The molecule has 0 spiro atoms. The van der Waals surface area contributed by atoms with E-state index in [2.05, 4.69) is 0 Å². The second-order valence-electron chi connectivity index (χ2n) is 7.41. The number of primary sulfonamides is 1. The number of hydrogen-bond acceptors (Lipinski definition) is 6. The van der Waals surface area contributed by atoms with Crippen LogP contribution in [-0.4, -0.2) is 35.5 Å². The van der Waals surface area contributed by atoms with Gasteiger partial charge in [-0.3, -0.25) is 4.79 Å². The van der Waals surface area contributed by atoms with E-state index in [-0.39, 0.29) is 18.1 Å². The fourth-order valence-electron chi connectivity index (χ4n) is 2.95. The van der Waals surface area contributed by atoms with Gasteiger partial charge in [0.15, 0.2) is 0 Å². The molecule has 0 saturated carbocycles. The summed E-state index contributed by atoms with van der Waals surface area (Å²) in [6, 6.07) is 8.73. The van der Waals surface area contributed by atoms with Gasteiger partial charge in [-0.2, -0.15) is 13.2 Å². The van der Waals surface area contributed by atoms with Gasteiger partial charge in [-0.05, 0) is 41.3 Å². The minimum atomic E-state index is -4.61. The largest absolute Gasteiger partial charge is 0.391 e. The van der Waals surface area contributed by atoms with Gasteiger partial charge in [0.1, 0.15) is 9.79 Å². The third kappa shape index (κ3) is 7.52. The lowest BCUT2D eigenvalue weighted by molar-refractivity contribution is -0.146. The zero-order valence-corrected chi connectivity index (χ0v) is 19.4. The number of alkyl halides is 3. The summed E-state index contributed by atoms with van der Waals surface area (Å²) in [6.45, 7) is 2.88. The van der Waals surface area contributed by atoms with Crippen LogP contribution in [0.4, 0.5) is 13.2 Å². The molecule has 0 radical (unpaired) electrons. The number of carbonyl (C=O) groups is 1. The predicted octanol–water partition coefficient (Wildman–Crippen LogP) is 3.05. The molecule has 0 fully saturated rings. The van der Waals surface area contributed by atoms with Gasteiger partial charge >= 0.3 is 6.18 Å². The highest BCUT2D eigenvalue weighted by molar-refractivity contribution is 7.92. The van der Waals surface area contributed by atoms with Crippen molar-refractivity contribution in [1.82, 2.24) is 4.72 Å². The third-order valence-electron chi connectivity index (χ3n) is 4.49. The van der Waals surface area contributed by atoms with Gasteiger partial charge in [-0.25, -0.2) is 26.7 Å². The summed E-state index contributed by atoms with van der Waals surface area (Å²) >= 11 is 0. The zero-order chi connectivity index (χ0) is 25.0. The summed E-state index contributed by atoms with van der Waals surface area (Å²) in [5.41, 5.74) is 1.02. The Hall–Kier alpha value is -2.48. The first kappa shape index (κ1) is 26.8. The van der Waals surface area contributed by atoms with Crippen molar-refractivity contribution in [2.24, 2.45) is 5.14 Å². The maximum Gasteiger partial charge on any atom is 0.391 e. The SMILES string of the molecule is CC(C)c1ccc(C(=O)NS(=O)(=O)c2ccccc2S(N)(=O)=O)cc1COCCC(F)(F)F. The van der Waals surface area contributed by atoms with Gasteiger partial charge in [-0.15, -0.1) is 0 Å². The van der Waals surface area contributed by atoms with E-state index in [0.29, 0.717) is 11.1 Å². The molecule has 3 N–H and O–H groups in total. The summed E-state index contributed by atoms with van der Waals surface area (Å²) in [7, 11) is -9.00. The summed E-state index contributed by atoms with van der Waals surface area (Å²) in [6.07, 6.45) is -5.50. The number of rotatable bonds is 9. The number of nitrogens with one attached hydrogen (secondary N) is 1. The molecular formula is C20H23F3N2O6S2.